The van der Waals surface area contributed by atoms with Crippen LogP contribution in [0.1, 0.15) is 19.3 Å². The van der Waals surface area contributed by atoms with Gasteiger partial charge < -0.3 is 9.64 Å². The molecule has 0 aliphatic carbocycles. The highest BCUT2D eigenvalue weighted by Crippen LogP contribution is 2.33. The minimum Gasteiger partial charge on any atom is -0.466 e. The van der Waals surface area contributed by atoms with Crippen molar-refractivity contribution in [3.63, 3.8) is 0 Å². The molecule has 0 bridgehead atoms. The molecule has 0 unspecified atom stereocenters. The number of fused-ring (bicyclic) bond motifs is 1. The smallest absolute Gasteiger partial charge is 0.335 e. The van der Waals surface area contributed by atoms with Crippen molar-refractivity contribution in [2.24, 2.45) is 0 Å². The van der Waals surface area contributed by atoms with Crippen LogP contribution in [-0.4, -0.2) is 30.4 Å². The number of ether oxygens (including phenoxy) is 1. The van der Waals surface area contributed by atoms with Crippen molar-refractivity contribution >= 4 is 11.9 Å². The molecule has 0 radical (unpaired) electrons. The third-order valence-corrected chi connectivity index (χ3v) is 2.53. The Morgan fingerprint density at radius 1 is 1.54 bits per heavy atom. The van der Waals surface area contributed by atoms with Crippen LogP contribution in [0.5, 0.6) is 0 Å². The summed E-state index contributed by atoms with van der Waals surface area (Å²) < 4.78 is 4.64. The van der Waals surface area contributed by atoms with E-state index in [0.29, 0.717) is 12.0 Å². The van der Waals surface area contributed by atoms with Crippen molar-refractivity contribution in [1.29, 1.82) is 0 Å². The first-order chi connectivity index (χ1) is 6.24. The van der Waals surface area contributed by atoms with Crippen molar-refractivity contribution in [3.8, 4) is 0 Å². The van der Waals surface area contributed by atoms with E-state index in [1.165, 1.54) is 7.11 Å². The number of rotatable bonds is 1. The standard InChI is InChI=1S/C9H11NO3/c1-13-9(12)6-3-2-4-10-7(6)5-8(10)11/h2-5H2,1H3. The number of carbonyl (C=O) groups excluding carboxylic acids is 2. The number of amides is 1. The molecule has 0 aromatic heterocycles. The molecule has 13 heavy (non-hydrogen) atoms. The second-order valence-corrected chi connectivity index (χ2v) is 3.24. The maximum Gasteiger partial charge on any atom is 0.335 e. The molecule has 1 saturated heterocycles. The van der Waals surface area contributed by atoms with Crippen LogP contribution < -0.4 is 0 Å². The molecule has 1 fully saturated rings. The van der Waals surface area contributed by atoms with Crippen molar-refractivity contribution in [2.45, 2.75) is 19.3 Å². The summed E-state index contributed by atoms with van der Waals surface area (Å²) in [6.07, 6.45) is 2.01. The SMILES string of the molecule is COC(=O)C1=C2CC(=O)N2CCC1. The average molecular weight is 181 g/mol. The third kappa shape index (κ3) is 1.13. The van der Waals surface area contributed by atoms with Crippen molar-refractivity contribution in [2.75, 3.05) is 13.7 Å². The minimum absolute atomic E-state index is 0.121. The lowest BCUT2D eigenvalue weighted by Gasteiger charge is -2.38. The van der Waals surface area contributed by atoms with Gasteiger partial charge in [0.05, 0.1) is 19.1 Å². The number of methoxy groups -OCH3 is 1. The monoisotopic (exact) mass is 181 g/mol. The fourth-order valence-corrected chi connectivity index (χ4v) is 1.82. The zero-order chi connectivity index (χ0) is 9.42. The average Bonchev–Trinajstić information content (AvgIpc) is 2.15. The molecule has 0 N–H and O–H groups in total. The molecule has 1 amide bonds. The maximum atomic E-state index is 11.2. The molecule has 2 aliphatic heterocycles. The normalized spacial score (nSPS) is 21.0. The van der Waals surface area contributed by atoms with Crippen LogP contribution in [0.25, 0.3) is 0 Å². The Balaban J connectivity index is 2.26. The molecule has 2 rings (SSSR count). The fourth-order valence-electron chi connectivity index (χ4n) is 1.82. The molecule has 4 heteroatoms. The summed E-state index contributed by atoms with van der Waals surface area (Å²) >= 11 is 0. The Morgan fingerprint density at radius 3 is 2.92 bits per heavy atom. The topological polar surface area (TPSA) is 46.6 Å². The van der Waals surface area contributed by atoms with Crippen molar-refractivity contribution in [1.82, 2.24) is 4.90 Å². The van der Waals surface area contributed by atoms with Crippen LogP contribution in [0.2, 0.25) is 0 Å². The summed E-state index contributed by atoms with van der Waals surface area (Å²) in [7, 11) is 1.37. The van der Waals surface area contributed by atoms with Gasteiger partial charge in [-0.1, -0.05) is 0 Å². The van der Waals surface area contributed by atoms with E-state index in [0.717, 1.165) is 25.1 Å². The molecule has 2 aliphatic rings. The molecule has 0 spiro atoms. The van der Waals surface area contributed by atoms with E-state index in [9.17, 15) is 9.59 Å². The first-order valence-corrected chi connectivity index (χ1v) is 4.34. The zero-order valence-electron chi connectivity index (χ0n) is 7.50. The van der Waals surface area contributed by atoms with Gasteiger partial charge in [0, 0.05) is 12.2 Å². The third-order valence-electron chi connectivity index (χ3n) is 2.53. The largest absolute Gasteiger partial charge is 0.466 e. The Hall–Kier alpha value is -1.32. The summed E-state index contributed by atoms with van der Waals surface area (Å²) in [5.74, 6) is -0.164. The number of hydrogen-bond acceptors (Lipinski definition) is 3. The van der Waals surface area contributed by atoms with Gasteiger partial charge in [0.2, 0.25) is 5.91 Å². The van der Waals surface area contributed by atoms with E-state index in [2.05, 4.69) is 4.74 Å². The second-order valence-electron chi connectivity index (χ2n) is 3.24. The molecule has 0 atom stereocenters. The van der Waals surface area contributed by atoms with E-state index >= 15 is 0 Å². The van der Waals surface area contributed by atoms with Gasteiger partial charge in [-0.2, -0.15) is 0 Å². The summed E-state index contributed by atoms with van der Waals surface area (Å²) in [4.78, 5) is 24.0. The second kappa shape index (κ2) is 2.87. The molecule has 4 nitrogen and oxygen atoms in total. The molecular weight excluding hydrogens is 170 g/mol. The Kier molecular flexibility index (Phi) is 1.83. The molecule has 2 heterocycles. The van der Waals surface area contributed by atoms with Crippen molar-refractivity contribution in [3.05, 3.63) is 11.3 Å². The van der Waals surface area contributed by atoms with Crippen LogP contribution >= 0.6 is 0 Å². The van der Waals surface area contributed by atoms with Crippen LogP contribution in [-0.2, 0) is 14.3 Å². The number of nitrogens with zero attached hydrogens (tertiary/aromatic N) is 1. The predicted octanol–water partition coefficient (Wildman–Crippen LogP) is 0.440. The molecular formula is C9H11NO3. The van der Waals surface area contributed by atoms with Crippen LogP contribution in [0.4, 0.5) is 0 Å². The van der Waals surface area contributed by atoms with Gasteiger partial charge >= 0.3 is 5.97 Å². The van der Waals surface area contributed by atoms with Crippen molar-refractivity contribution < 1.29 is 14.3 Å². The number of β-lactam (4-membered cyclic amide) rings is 1. The Labute approximate surface area is 76.2 Å². The highest BCUT2D eigenvalue weighted by Gasteiger charge is 2.37. The molecule has 70 valence electrons. The lowest BCUT2D eigenvalue weighted by atomic mass is 9.94. The van der Waals surface area contributed by atoms with Gasteiger partial charge in [0.1, 0.15) is 0 Å². The number of esters is 1. The lowest BCUT2D eigenvalue weighted by molar-refractivity contribution is -0.139. The highest BCUT2D eigenvalue weighted by atomic mass is 16.5. The van der Waals surface area contributed by atoms with Gasteiger partial charge in [-0.05, 0) is 12.8 Å². The number of hydrogen-bond donors (Lipinski definition) is 0. The van der Waals surface area contributed by atoms with E-state index in [4.69, 9.17) is 0 Å². The van der Waals surface area contributed by atoms with Gasteiger partial charge in [-0.3, -0.25) is 4.79 Å². The summed E-state index contributed by atoms with van der Waals surface area (Å²) in [5, 5.41) is 0. The Bertz CT molecular complexity index is 306. The van der Waals surface area contributed by atoms with E-state index < -0.39 is 0 Å². The molecule has 0 aromatic carbocycles. The van der Waals surface area contributed by atoms with E-state index in [1.54, 1.807) is 4.90 Å². The van der Waals surface area contributed by atoms with Gasteiger partial charge in [-0.25, -0.2) is 4.79 Å². The summed E-state index contributed by atoms with van der Waals surface area (Å²) in [6.45, 7) is 0.759. The van der Waals surface area contributed by atoms with Crippen LogP contribution in [0.15, 0.2) is 11.3 Å². The Morgan fingerprint density at radius 2 is 2.31 bits per heavy atom. The maximum absolute atomic E-state index is 11.2. The number of carbonyl (C=O) groups is 2. The predicted molar refractivity (Wildman–Crippen MR) is 44.6 cm³/mol. The van der Waals surface area contributed by atoms with Crippen LogP contribution in [0, 0.1) is 0 Å². The van der Waals surface area contributed by atoms with Gasteiger partial charge in [0.25, 0.3) is 0 Å². The highest BCUT2D eigenvalue weighted by molar-refractivity contribution is 5.96. The quantitative estimate of drug-likeness (QED) is 0.435. The van der Waals surface area contributed by atoms with Gasteiger partial charge in [0.15, 0.2) is 0 Å². The first-order valence-electron chi connectivity index (χ1n) is 4.34. The lowest BCUT2D eigenvalue weighted by Crippen LogP contribution is -2.45. The summed E-state index contributed by atoms with van der Waals surface area (Å²) in [5.41, 5.74) is 1.57. The zero-order valence-corrected chi connectivity index (χ0v) is 7.50. The summed E-state index contributed by atoms with van der Waals surface area (Å²) in [6, 6.07) is 0. The van der Waals surface area contributed by atoms with E-state index in [1.807, 2.05) is 0 Å². The fraction of sp³-hybridized carbons (Fsp3) is 0.556. The molecule has 0 saturated carbocycles. The van der Waals surface area contributed by atoms with Gasteiger partial charge in [-0.15, -0.1) is 0 Å². The molecule has 0 aromatic rings. The van der Waals surface area contributed by atoms with Crippen LogP contribution in [0.3, 0.4) is 0 Å². The minimum atomic E-state index is -0.285. The first kappa shape index (κ1) is 8.29. The van der Waals surface area contributed by atoms with E-state index in [-0.39, 0.29) is 11.9 Å².